The summed E-state index contributed by atoms with van der Waals surface area (Å²) in [4.78, 5) is 5.52. The minimum atomic E-state index is 0.926. The third kappa shape index (κ3) is 3.93. The Morgan fingerprint density at radius 1 is 0.789 bits per heavy atom. The van der Waals surface area contributed by atoms with Crippen LogP contribution in [0.5, 0.6) is 0 Å². The lowest BCUT2D eigenvalue weighted by atomic mass is 9.93. The molecule has 2 heterocycles. The lowest BCUT2D eigenvalue weighted by molar-refractivity contribution is 0.0679. The molecule has 3 rings (SSSR count). The number of nitrogens with zero attached hydrogens (tertiary/aromatic N) is 2. The maximum Gasteiger partial charge on any atom is 0.0113 e. The fourth-order valence-electron chi connectivity index (χ4n) is 4.19. The largest absolute Gasteiger partial charge is 0.317 e. The molecule has 2 saturated heterocycles. The minimum absolute atomic E-state index is 0.926. The van der Waals surface area contributed by atoms with Gasteiger partial charge in [0.15, 0.2) is 0 Å². The minimum Gasteiger partial charge on any atom is -0.317 e. The van der Waals surface area contributed by atoms with Crippen LogP contribution < -0.4 is 5.32 Å². The molecule has 0 unspecified atom stereocenters. The Bertz CT molecular complexity index is 249. The molecule has 0 aromatic rings. The molecule has 0 aromatic heterocycles. The summed E-state index contributed by atoms with van der Waals surface area (Å²) < 4.78 is 0. The number of nitrogens with one attached hydrogen (secondary N) is 1. The SMILES string of the molecule is C1CCC(N2CCN(CC3CCNCC3)CC2)CC1. The van der Waals surface area contributed by atoms with Crippen LogP contribution in [0, 0.1) is 5.92 Å². The van der Waals surface area contributed by atoms with Crippen molar-refractivity contribution in [3.63, 3.8) is 0 Å². The average molecular weight is 265 g/mol. The molecule has 0 amide bonds. The molecule has 1 N–H and O–H groups in total. The van der Waals surface area contributed by atoms with E-state index in [-0.39, 0.29) is 0 Å². The van der Waals surface area contributed by atoms with Crippen molar-refractivity contribution in [2.75, 3.05) is 45.8 Å². The van der Waals surface area contributed by atoms with Crippen LogP contribution in [0.25, 0.3) is 0 Å². The summed E-state index contributed by atoms with van der Waals surface area (Å²) in [6.07, 6.45) is 10.1. The van der Waals surface area contributed by atoms with E-state index in [1.165, 1.54) is 90.8 Å². The highest BCUT2D eigenvalue weighted by atomic mass is 15.3. The zero-order valence-electron chi connectivity index (χ0n) is 12.4. The van der Waals surface area contributed by atoms with Gasteiger partial charge in [-0.05, 0) is 44.7 Å². The first-order valence-electron chi connectivity index (χ1n) is 8.59. The standard InChI is InChI=1S/C16H31N3/c1-2-4-16(5-3-1)19-12-10-18(11-13-19)14-15-6-8-17-9-7-15/h15-17H,1-14H2. The molecule has 0 aromatic carbocycles. The zero-order chi connectivity index (χ0) is 12.9. The molecule has 0 atom stereocenters. The molecule has 110 valence electrons. The molecule has 19 heavy (non-hydrogen) atoms. The predicted octanol–water partition coefficient (Wildman–Crippen LogP) is 1.94. The number of piperidine rings is 1. The smallest absolute Gasteiger partial charge is 0.0113 e. The second-order valence-corrected chi connectivity index (χ2v) is 6.82. The van der Waals surface area contributed by atoms with E-state index in [4.69, 9.17) is 0 Å². The first-order chi connectivity index (χ1) is 9.42. The quantitative estimate of drug-likeness (QED) is 0.841. The van der Waals surface area contributed by atoms with Gasteiger partial charge in [-0.2, -0.15) is 0 Å². The van der Waals surface area contributed by atoms with E-state index in [9.17, 15) is 0 Å². The van der Waals surface area contributed by atoms with Crippen molar-refractivity contribution in [3.05, 3.63) is 0 Å². The summed E-state index contributed by atoms with van der Waals surface area (Å²) in [5.74, 6) is 0.961. The van der Waals surface area contributed by atoms with Crippen LogP contribution in [0.2, 0.25) is 0 Å². The van der Waals surface area contributed by atoms with Crippen molar-refractivity contribution in [2.45, 2.75) is 51.0 Å². The van der Waals surface area contributed by atoms with Crippen molar-refractivity contribution in [3.8, 4) is 0 Å². The van der Waals surface area contributed by atoms with Crippen molar-refractivity contribution < 1.29 is 0 Å². The topological polar surface area (TPSA) is 18.5 Å². The van der Waals surface area contributed by atoms with Crippen LogP contribution in [0.1, 0.15) is 44.9 Å². The normalized spacial score (nSPS) is 29.7. The van der Waals surface area contributed by atoms with E-state index >= 15 is 0 Å². The molecular weight excluding hydrogens is 234 g/mol. The fraction of sp³-hybridized carbons (Fsp3) is 1.00. The first kappa shape index (κ1) is 13.8. The number of piperazine rings is 1. The van der Waals surface area contributed by atoms with Crippen LogP contribution in [-0.2, 0) is 0 Å². The van der Waals surface area contributed by atoms with Gasteiger partial charge in [0.1, 0.15) is 0 Å². The van der Waals surface area contributed by atoms with Crippen molar-refractivity contribution >= 4 is 0 Å². The van der Waals surface area contributed by atoms with Crippen molar-refractivity contribution in [1.82, 2.24) is 15.1 Å². The van der Waals surface area contributed by atoms with Crippen LogP contribution in [0.15, 0.2) is 0 Å². The zero-order valence-corrected chi connectivity index (χ0v) is 12.4. The highest BCUT2D eigenvalue weighted by molar-refractivity contribution is 4.82. The molecule has 3 aliphatic rings. The summed E-state index contributed by atoms with van der Waals surface area (Å²) in [7, 11) is 0. The molecule has 0 spiro atoms. The van der Waals surface area contributed by atoms with Gasteiger partial charge in [-0.1, -0.05) is 19.3 Å². The van der Waals surface area contributed by atoms with Crippen LogP contribution in [0.4, 0.5) is 0 Å². The highest BCUT2D eigenvalue weighted by Gasteiger charge is 2.26. The lowest BCUT2D eigenvalue weighted by Gasteiger charge is -2.42. The Labute approximate surface area is 118 Å². The molecule has 3 fully saturated rings. The molecule has 0 bridgehead atoms. The third-order valence-corrected chi connectivity index (χ3v) is 5.47. The molecule has 1 aliphatic carbocycles. The first-order valence-corrected chi connectivity index (χ1v) is 8.59. The van der Waals surface area contributed by atoms with Gasteiger partial charge < -0.3 is 10.2 Å². The van der Waals surface area contributed by atoms with E-state index in [1.54, 1.807) is 0 Å². The maximum atomic E-state index is 3.48. The van der Waals surface area contributed by atoms with Gasteiger partial charge in [0.2, 0.25) is 0 Å². The Morgan fingerprint density at radius 3 is 2.16 bits per heavy atom. The molecule has 1 saturated carbocycles. The molecular formula is C16H31N3. The van der Waals surface area contributed by atoms with E-state index in [0.717, 1.165) is 12.0 Å². The van der Waals surface area contributed by atoms with E-state index in [0.29, 0.717) is 0 Å². The second-order valence-electron chi connectivity index (χ2n) is 6.82. The van der Waals surface area contributed by atoms with E-state index < -0.39 is 0 Å². The Hall–Kier alpha value is -0.120. The van der Waals surface area contributed by atoms with Gasteiger partial charge in [-0.3, -0.25) is 4.90 Å². The van der Waals surface area contributed by atoms with Gasteiger partial charge in [0.05, 0.1) is 0 Å². The number of hydrogen-bond acceptors (Lipinski definition) is 3. The summed E-state index contributed by atoms with van der Waals surface area (Å²) in [5, 5.41) is 3.48. The monoisotopic (exact) mass is 265 g/mol. The molecule has 3 nitrogen and oxygen atoms in total. The summed E-state index contributed by atoms with van der Waals surface area (Å²) >= 11 is 0. The molecule has 2 aliphatic heterocycles. The number of rotatable bonds is 3. The molecule has 0 radical (unpaired) electrons. The Kier molecular flexibility index (Phi) is 5.14. The highest BCUT2D eigenvalue weighted by Crippen LogP contribution is 2.24. The number of hydrogen-bond donors (Lipinski definition) is 1. The summed E-state index contributed by atoms with van der Waals surface area (Å²) in [6.45, 7) is 9.14. The summed E-state index contributed by atoms with van der Waals surface area (Å²) in [5.41, 5.74) is 0. The fourth-order valence-corrected chi connectivity index (χ4v) is 4.19. The molecule has 3 heteroatoms. The Morgan fingerprint density at radius 2 is 1.47 bits per heavy atom. The van der Waals surface area contributed by atoms with Crippen LogP contribution in [0.3, 0.4) is 0 Å². The van der Waals surface area contributed by atoms with Gasteiger partial charge in [-0.25, -0.2) is 0 Å². The van der Waals surface area contributed by atoms with Gasteiger partial charge in [0, 0.05) is 38.8 Å². The van der Waals surface area contributed by atoms with E-state index in [1.807, 2.05) is 0 Å². The maximum absolute atomic E-state index is 3.48. The second kappa shape index (κ2) is 7.05. The van der Waals surface area contributed by atoms with Crippen molar-refractivity contribution in [1.29, 1.82) is 0 Å². The van der Waals surface area contributed by atoms with Crippen LogP contribution in [-0.4, -0.2) is 61.7 Å². The Balaban J connectivity index is 1.38. The average Bonchev–Trinajstić information content (AvgIpc) is 2.50. The predicted molar refractivity (Wildman–Crippen MR) is 80.5 cm³/mol. The van der Waals surface area contributed by atoms with E-state index in [2.05, 4.69) is 15.1 Å². The van der Waals surface area contributed by atoms with Crippen LogP contribution >= 0.6 is 0 Å². The lowest BCUT2D eigenvalue weighted by Crippen LogP contribution is -2.52. The van der Waals surface area contributed by atoms with Gasteiger partial charge in [0.25, 0.3) is 0 Å². The van der Waals surface area contributed by atoms with Gasteiger partial charge >= 0.3 is 0 Å². The van der Waals surface area contributed by atoms with Gasteiger partial charge in [-0.15, -0.1) is 0 Å². The van der Waals surface area contributed by atoms with Crippen molar-refractivity contribution in [2.24, 2.45) is 5.92 Å². The summed E-state index contributed by atoms with van der Waals surface area (Å²) in [6, 6.07) is 0.926. The third-order valence-electron chi connectivity index (χ3n) is 5.47.